The van der Waals surface area contributed by atoms with E-state index < -0.39 is 11.8 Å². The number of rotatable bonds is 9. The summed E-state index contributed by atoms with van der Waals surface area (Å²) in [4.78, 5) is 54.1. The van der Waals surface area contributed by atoms with E-state index >= 15 is 0 Å². The number of imide groups is 1. The maximum atomic E-state index is 13.6. The van der Waals surface area contributed by atoms with Crippen LogP contribution in [0.5, 0.6) is 0 Å². The van der Waals surface area contributed by atoms with Gasteiger partial charge in [0.25, 0.3) is 23.6 Å². The molecule has 45 heavy (non-hydrogen) atoms. The molecule has 8 heteroatoms. The molecule has 0 unspecified atom stereocenters. The molecule has 1 aliphatic heterocycles. The van der Waals surface area contributed by atoms with E-state index in [0.29, 0.717) is 22.4 Å². The lowest BCUT2D eigenvalue weighted by atomic mass is 10.0. The summed E-state index contributed by atoms with van der Waals surface area (Å²) in [5.74, 6) is -1.44. The highest BCUT2D eigenvalue weighted by Gasteiger charge is 2.34. The van der Waals surface area contributed by atoms with Gasteiger partial charge in [0, 0.05) is 16.1 Å². The monoisotopic (exact) mass is 609 g/mol. The minimum atomic E-state index is -0.506. The third-order valence-electron chi connectivity index (χ3n) is 7.19. The topological polar surface area (TPSA) is 95.6 Å². The van der Waals surface area contributed by atoms with Crippen molar-refractivity contribution in [1.82, 2.24) is 10.2 Å². The van der Waals surface area contributed by atoms with Crippen molar-refractivity contribution < 1.29 is 19.2 Å². The van der Waals surface area contributed by atoms with E-state index in [2.05, 4.69) is 10.6 Å². The van der Waals surface area contributed by atoms with Crippen LogP contribution in [0, 0.1) is 0 Å². The summed E-state index contributed by atoms with van der Waals surface area (Å²) in [5.41, 5.74) is 4.62. The predicted molar refractivity (Wildman–Crippen MR) is 177 cm³/mol. The van der Waals surface area contributed by atoms with Gasteiger partial charge in [-0.25, -0.2) is 0 Å². The third-order valence-corrected chi connectivity index (χ3v) is 8.16. The lowest BCUT2D eigenvalue weighted by Crippen LogP contribution is -2.30. The Hall–Kier alpha value is -5.73. The van der Waals surface area contributed by atoms with Crippen molar-refractivity contribution in [3.63, 3.8) is 0 Å². The Kier molecular flexibility index (Phi) is 8.66. The van der Waals surface area contributed by atoms with E-state index in [1.54, 1.807) is 72.8 Å². The average molecular weight is 610 g/mol. The summed E-state index contributed by atoms with van der Waals surface area (Å²) >= 11 is 1.30. The maximum Gasteiger partial charge on any atom is 0.272 e. The molecule has 0 aromatic heterocycles. The summed E-state index contributed by atoms with van der Waals surface area (Å²) in [7, 11) is 0. The van der Waals surface area contributed by atoms with E-state index in [0.717, 1.165) is 21.6 Å². The van der Waals surface area contributed by atoms with Crippen LogP contribution in [0.15, 0.2) is 144 Å². The van der Waals surface area contributed by atoms with Gasteiger partial charge in [0.15, 0.2) is 0 Å². The van der Waals surface area contributed by atoms with Crippen LogP contribution in [-0.2, 0) is 4.79 Å². The summed E-state index contributed by atoms with van der Waals surface area (Å²) in [6.07, 6.45) is 1.63. The van der Waals surface area contributed by atoms with Crippen LogP contribution in [0.1, 0.15) is 36.6 Å². The van der Waals surface area contributed by atoms with Crippen molar-refractivity contribution in [2.24, 2.45) is 0 Å². The number of hydrogen-bond acceptors (Lipinski definition) is 5. The molecule has 0 saturated heterocycles. The number of amides is 4. The van der Waals surface area contributed by atoms with Crippen molar-refractivity contribution in [1.29, 1.82) is 0 Å². The van der Waals surface area contributed by atoms with Gasteiger partial charge in [-0.2, -0.15) is 0 Å². The highest BCUT2D eigenvalue weighted by atomic mass is 32.2. The Morgan fingerprint density at radius 3 is 1.93 bits per heavy atom. The second-order valence-corrected chi connectivity index (χ2v) is 11.2. The number of thioether (sulfide) groups is 1. The van der Waals surface area contributed by atoms with Crippen LogP contribution in [0.2, 0.25) is 0 Å². The fraction of sp³-hybridized carbons (Fsp3) is 0.0270. The van der Waals surface area contributed by atoms with Crippen LogP contribution in [0.25, 0.3) is 17.2 Å². The molecule has 1 heterocycles. The molecule has 0 atom stereocenters. The predicted octanol–water partition coefficient (Wildman–Crippen LogP) is 7.11. The van der Waals surface area contributed by atoms with E-state index in [4.69, 9.17) is 0 Å². The lowest BCUT2D eigenvalue weighted by molar-refractivity contribution is -0.113. The summed E-state index contributed by atoms with van der Waals surface area (Å²) < 4.78 is 0. The van der Waals surface area contributed by atoms with Gasteiger partial charge < -0.3 is 10.6 Å². The highest BCUT2D eigenvalue weighted by molar-refractivity contribution is 7.99. The van der Waals surface area contributed by atoms with E-state index in [1.165, 1.54) is 16.7 Å². The number of nitrogens with zero attached hydrogens (tertiary/aromatic N) is 1. The second kappa shape index (κ2) is 13.3. The second-order valence-electron chi connectivity index (χ2n) is 10.2. The average Bonchev–Trinajstić information content (AvgIpc) is 3.33. The van der Waals surface area contributed by atoms with Gasteiger partial charge in [0.1, 0.15) is 5.70 Å². The van der Waals surface area contributed by atoms with Crippen molar-refractivity contribution in [3.8, 4) is 11.1 Å². The van der Waals surface area contributed by atoms with Gasteiger partial charge in [-0.15, -0.1) is 11.8 Å². The molecule has 0 spiro atoms. The number of fused-ring (bicyclic) bond motifs is 1. The summed E-state index contributed by atoms with van der Waals surface area (Å²) in [5, 5.41) is 5.64. The third kappa shape index (κ3) is 6.76. The zero-order valence-electron chi connectivity index (χ0n) is 24.0. The van der Waals surface area contributed by atoms with Gasteiger partial charge in [-0.3, -0.25) is 24.1 Å². The van der Waals surface area contributed by atoms with Gasteiger partial charge in [-0.1, -0.05) is 91.0 Å². The molecule has 5 aromatic carbocycles. The largest absolute Gasteiger partial charge is 0.321 e. The van der Waals surface area contributed by atoms with E-state index in [-0.39, 0.29) is 23.4 Å². The van der Waals surface area contributed by atoms with Crippen molar-refractivity contribution in [3.05, 3.63) is 161 Å². The molecule has 220 valence electrons. The van der Waals surface area contributed by atoms with Crippen molar-refractivity contribution in [2.45, 2.75) is 4.90 Å². The molecule has 2 N–H and O–H groups in total. The lowest BCUT2D eigenvalue weighted by Gasteiger charge is -2.14. The first-order valence-electron chi connectivity index (χ1n) is 14.2. The van der Waals surface area contributed by atoms with Crippen LogP contribution in [0.3, 0.4) is 0 Å². The molecule has 5 aromatic rings. The molecule has 4 amide bonds. The molecular weight excluding hydrogens is 582 g/mol. The number of carbonyl (C=O) groups excluding carboxylic acids is 4. The summed E-state index contributed by atoms with van der Waals surface area (Å²) in [6.45, 7) is 0. The molecule has 0 saturated carbocycles. The first kappa shape index (κ1) is 29.3. The summed E-state index contributed by atoms with van der Waals surface area (Å²) in [6, 6.07) is 40.2. The Labute approximate surface area is 264 Å². The SMILES string of the molecule is O=C(Nc1cccc(SCN2C(=O)c3ccccc3C2=O)c1)/C(=C\c1ccc(-c2ccccc2)cc1)NC(=O)c1ccccc1. The van der Waals surface area contributed by atoms with E-state index in [1.807, 2.05) is 66.7 Å². The first-order valence-corrected chi connectivity index (χ1v) is 15.2. The van der Waals surface area contributed by atoms with Crippen LogP contribution < -0.4 is 10.6 Å². The molecule has 1 aliphatic rings. The highest BCUT2D eigenvalue weighted by Crippen LogP contribution is 2.28. The Morgan fingerprint density at radius 1 is 0.667 bits per heavy atom. The number of benzene rings is 5. The Bertz CT molecular complexity index is 1890. The van der Waals surface area contributed by atoms with Crippen molar-refractivity contribution >= 4 is 47.2 Å². The van der Waals surface area contributed by atoms with Crippen LogP contribution in [-0.4, -0.2) is 34.4 Å². The number of anilines is 1. The quantitative estimate of drug-likeness (QED) is 0.106. The Balaban J connectivity index is 1.19. The van der Waals surface area contributed by atoms with Crippen LogP contribution in [0.4, 0.5) is 5.69 Å². The van der Waals surface area contributed by atoms with Gasteiger partial charge >= 0.3 is 0 Å². The molecule has 0 fully saturated rings. The molecule has 0 radical (unpaired) electrons. The Morgan fingerprint density at radius 2 is 1.27 bits per heavy atom. The first-order chi connectivity index (χ1) is 22.0. The smallest absolute Gasteiger partial charge is 0.272 e. The van der Waals surface area contributed by atoms with Gasteiger partial charge in [-0.05, 0) is 65.2 Å². The zero-order valence-corrected chi connectivity index (χ0v) is 24.8. The van der Waals surface area contributed by atoms with Crippen LogP contribution >= 0.6 is 11.8 Å². The van der Waals surface area contributed by atoms with Crippen molar-refractivity contribution in [2.75, 3.05) is 11.2 Å². The normalized spacial score (nSPS) is 12.5. The van der Waals surface area contributed by atoms with Gasteiger partial charge in [0.2, 0.25) is 0 Å². The fourth-order valence-electron chi connectivity index (χ4n) is 4.87. The van der Waals surface area contributed by atoms with Gasteiger partial charge in [0.05, 0.1) is 17.0 Å². The number of hydrogen-bond donors (Lipinski definition) is 2. The molecule has 0 aliphatic carbocycles. The molecule has 7 nitrogen and oxygen atoms in total. The molecule has 0 bridgehead atoms. The number of nitrogens with one attached hydrogen (secondary N) is 2. The minimum absolute atomic E-state index is 0.0698. The fourth-order valence-corrected chi connectivity index (χ4v) is 5.77. The zero-order chi connectivity index (χ0) is 31.2. The molecular formula is C37H27N3O4S. The number of carbonyl (C=O) groups is 4. The molecule has 6 rings (SSSR count). The standard InChI is InChI=1S/C37H27N3O4S/c41-34(28-12-5-2-6-13-28)39-33(22-25-18-20-27(21-19-25)26-10-3-1-4-11-26)35(42)38-29-14-9-15-30(23-29)45-24-40-36(43)31-16-7-8-17-32(31)37(40)44/h1-23H,24H2,(H,38,42)(H,39,41)/b33-22+. The maximum absolute atomic E-state index is 13.6. The minimum Gasteiger partial charge on any atom is -0.321 e. The van der Waals surface area contributed by atoms with E-state index in [9.17, 15) is 19.2 Å².